The van der Waals surface area contributed by atoms with Crippen LogP contribution in [0.15, 0.2) is 54.6 Å². The molecule has 1 aliphatic rings. The Labute approximate surface area is 166 Å². The summed E-state index contributed by atoms with van der Waals surface area (Å²) in [5, 5.41) is 39.0. The van der Waals surface area contributed by atoms with E-state index in [0.29, 0.717) is 16.7 Å². The fourth-order valence-corrected chi connectivity index (χ4v) is 3.47. The Morgan fingerprint density at radius 2 is 1.59 bits per heavy atom. The molecular weight excluding hydrogens is 372 g/mol. The minimum absolute atomic E-state index is 0.0453. The predicted molar refractivity (Wildman–Crippen MR) is 107 cm³/mol. The SMILES string of the molecule is O=C1C[C@@H](c2ccc(O)c(O)c2)c2c(/C=C/c3ccc(O)cc3)cc(O)cc2O1. The summed E-state index contributed by atoms with van der Waals surface area (Å²) in [5.41, 5.74) is 2.83. The van der Waals surface area contributed by atoms with Crippen LogP contribution in [0.1, 0.15) is 34.6 Å². The highest BCUT2D eigenvalue weighted by Gasteiger charge is 2.31. The Morgan fingerprint density at radius 3 is 2.31 bits per heavy atom. The van der Waals surface area contributed by atoms with E-state index in [0.717, 1.165) is 5.56 Å². The predicted octanol–water partition coefficient (Wildman–Crippen LogP) is 4.12. The van der Waals surface area contributed by atoms with Crippen molar-refractivity contribution in [2.24, 2.45) is 0 Å². The maximum atomic E-state index is 12.1. The van der Waals surface area contributed by atoms with Crippen LogP contribution < -0.4 is 4.74 Å². The summed E-state index contributed by atoms with van der Waals surface area (Å²) >= 11 is 0. The third-order valence-corrected chi connectivity index (χ3v) is 4.85. The van der Waals surface area contributed by atoms with E-state index in [2.05, 4.69) is 0 Å². The van der Waals surface area contributed by atoms with Crippen LogP contribution in [0, 0.1) is 0 Å². The van der Waals surface area contributed by atoms with Gasteiger partial charge in [0.1, 0.15) is 17.2 Å². The summed E-state index contributed by atoms with van der Waals surface area (Å²) in [6.07, 6.45) is 3.66. The van der Waals surface area contributed by atoms with Crippen LogP contribution in [-0.2, 0) is 4.79 Å². The summed E-state index contributed by atoms with van der Waals surface area (Å²) in [5.74, 6) is -1.02. The van der Waals surface area contributed by atoms with Crippen molar-refractivity contribution in [1.82, 2.24) is 0 Å². The molecule has 4 rings (SSSR count). The number of fused-ring (bicyclic) bond motifs is 1. The molecule has 0 unspecified atom stereocenters. The first-order chi connectivity index (χ1) is 13.9. The normalized spacial score (nSPS) is 15.9. The highest BCUT2D eigenvalue weighted by Crippen LogP contribution is 2.44. The molecule has 6 nitrogen and oxygen atoms in total. The molecule has 0 saturated heterocycles. The Kier molecular flexibility index (Phi) is 4.60. The second-order valence-electron chi connectivity index (χ2n) is 6.85. The van der Waals surface area contributed by atoms with Crippen LogP contribution in [0.25, 0.3) is 12.2 Å². The molecule has 3 aromatic rings. The molecule has 0 aromatic heterocycles. The maximum absolute atomic E-state index is 12.1. The summed E-state index contributed by atoms with van der Waals surface area (Å²) in [4.78, 5) is 12.1. The van der Waals surface area contributed by atoms with Gasteiger partial charge >= 0.3 is 5.97 Å². The lowest BCUT2D eigenvalue weighted by Gasteiger charge is -2.27. The van der Waals surface area contributed by atoms with E-state index in [1.54, 1.807) is 42.5 Å². The molecule has 0 amide bonds. The van der Waals surface area contributed by atoms with Crippen LogP contribution in [0.2, 0.25) is 0 Å². The fourth-order valence-electron chi connectivity index (χ4n) is 3.47. The van der Waals surface area contributed by atoms with Gasteiger partial charge in [0.05, 0.1) is 6.42 Å². The smallest absolute Gasteiger partial charge is 0.312 e. The quantitative estimate of drug-likeness (QED) is 0.232. The van der Waals surface area contributed by atoms with Gasteiger partial charge in [0, 0.05) is 17.5 Å². The Balaban J connectivity index is 1.82. The topological polar surface area (TPSA) is 107 Å². The van der Waals surface area contributed by atoms with Crippen LogP contribution in [0.5, 0.6) is 28.7 Å². The first-order valence-corrected chi connectivity index (χ1v) is 8.97. The van der Waals surface area contributed by atoms with Crippen LogP contribution in [0.4, 0.5) is 0 Å². The van der Waals surface area contributed by atoms with Gasteiger partial charge in [-0.3, -0.25) is 4.79 Å². The number of carbonyl (C=O) groups is 1. The van der Waals surface area contributed by atoms with E-state index in [1.807, 2.05) is 6.08 Å². The summed E-state index contributed by atoms with van der Waals surface area (Å²) in [6.45, 7) is 0. The zero-order valence-electron chi connectivity index (χ0n) is 15.2. The standard InChI is InChI=1S/C23H18O6/c24-16-6-2-13(3-7-16)1-4-15-9-17(25)11-21-23(15)18(12-22(28)29-21)14-5-8-19(26)20(27)10-14/h1-11,18,24-27H,12H2/b4-1+/t18-/m0/s1. The average Bonchev–Trinajstić information content (AvgIpc) is 2.68. The molecule has 0 saturated carbocycles. The molecule has 1 heterocycles. The Hall–Kier alpha value is -3.93. The number of rotatable bonds is 3. The fraction of sp³-hybridized carbons (Fsp3) is 0.0870. The molecule has 0 bridgehead atoms. The van der Waals surface area contributed by atoms with Gasteiger partial charge in [-0.05, 0) is 47.0 Å². The van der Waals surface area contributed by atoms with Gasteiger partial charge in [-0.2, -0.15) is 0 Å². The van der Waals surface area contributed by atoms with Gasteiger partial charge in [0.25, 0.3) is 0 Å². The van der Waals surface area contributed by atoms with Crippen molar-refractivity contribution in [2.75, 3.05) is 0 Å². The Morgan fingerprint density at radius 1 is 0.828 bits per heavy atom. The zero-order valence-corrected chi connectivity index (χ0v) is 15.2. The molecule has 146 valence electrons. The van der Waals surface area contributed by atoms with Crippen molar-refractivity contribution >= 4 is 18.1 Å². The third-order valence-electron chi connectivity index (χ3n) is 4.85. The van der Waals surface area contributed by atoms with E-state index >= 15 is 0 Å². The molecule has 0 aliphatic carbocycles. The second-order valence-corrected chi connectivity index (χ2v) is 6.85. The maximum Gasteiger partial charge on any atom is 0.312 e. The first kappa shape index (κ1) is 18.4. The average molecular weight is 390 g/mol. The molecule has 4 N–H and O–H groups in total. The molecule has 1 aliphatic heterocycles. The van der Waals surface area contributed by atoms with Gasteiger partial charge in [0.2, 0.25) is 0 Å². The number of phenolic OH excluding ortho intramolecular Hbond substituents is 4. The van der Waals surface area contributed by atoms with E-state index in [-0.39, 0.29) is 35.2 Å². The largest absolute Gasteiger partial charge is 0.508 e. The molecule has 0 fully saturated rings. The number of benzene rings is 3. The molecule has 3 aromatic carbocycles. The third kappa shape index (κ3) is 3.73. The van der Waals surface area contributed by atoms with Gasteiger partial charge in [-0.25, -0.2) is 0 Å². The van der Waals surface area contributed by atoms with Crippen LogP contribution in [0.3, 0.4) is 0 Å². The number of esters is 1. The van der Waals surface area contributed by atoms with Crippen molar-refractivity contribution in [3.63, 3.8) is 0 Å². The number of ether oxygens (including phenoxy) is 1. The van der Waals surface area contributed by atoms with Crippen molar-refractivity contribution in [3.05, 3.63) is 76.9 Å². The number of aromatic hydroxyl groups is 4. The van der Waals surface area contributed by atoms with Crippen LogP contribution >= 0.6 is 0 Å². The summed E-state index contributed by atoms with van der Waals surface area (Å²) < 4.78 is 5.35. The van der Waals surface area contributed by atoms with Crippen molar-refractivity contribution in [3.8, 4) is 28.7 Å². The van der Waals surface area contributed by atoms with Gasteiger partial charge in [-0.1, -0.05) is 30.4 Å². The summed E-state index contributed by atoms with van der Waals surface area (Å²) in [6, 6.07) is 14.0. The molecule has 29 heavy (non-hydrogen) atoms. The van der Waals surface area contributed by atoms with E-state index in [1.165, 1.54) is 18.2 Å². The van der Waals surface area contributed by atoms with Crippen LogP contribution in [-0.4, -0.2) is 26.4 Å². The van der Waals surface area contributed by atoms with Gasteiger partial charge < -0.3 is 25.2 Å². The highest BCUT2D eigenvalue weighted by molar-refractivity contribution is 5.82. The van der Waals surface area contributed by atoms with E-state index in [9.17, 15) is 25.2 Å². The van der Waals surface area contributed by atoms with E-state index < -0.39 is 11.9 Å². The lowest BCUT2D eigenvalue weighted by Crippen LogP contribution is -2.21. The minimum Gasteiger partial charge on any atom is -0.508 e. The van der Waals surface area contributed by atoms with Gasteiger partial charge in [0.15, 0.2) is 11.5 Å². The van der Waals surface area contributed by atoms with Crippen molar-refractivity contribution in [2.45, 2.75) is 12.3 Å². The molecular formula is C23H18O6. The monoisotopic (exact) mass is 390 g/mol. The number of carbonyl (C=O) groups excluding carboxylic acids is 1. The number of hydrogen-bond donors (Lipinski definition) is 4. The number of hydrogen-bond acceptors (Lipinski definition) is 6. The lowest BCUT2D eigenvalue weighted by atomic mass is 9.83. The molecule has 0 spiro atoms. The molecule has 6 heteroatoms. The van der Waals surface area contributed by atoms with Crippen molar-refractivity contribution in [1.29, 1.82) is 0 Å². The number of phenols is 4. The van der Waals surface area contributed by atoms with E-state index in [4.69, 9.17) is 4.74 Å². The molecule has 0 radical (unpaired) electrons. The van der Waals surface area contributed by atoms with Crippen molar-refractivity contribution < 1.29 is 30.0 Å². The van der Waals surface area contributed by atoms with Gasteiger partial charge in [-0.15, -0.1) is 0 Å². The Bertz CT molecular complexity index is 1110. The highest BCUT2D eigenvalue weighted by atomic mass is 16.5. The second kappa shape index (κ2) is 7.24. The first-order valence-electron chi connectivity index (χ1n) is 8.97. The zero-order chi connectivity index (χ0) is 20.5. The molecule has 1 atom stereocenters. The lowest BCUT2D eigenvalue weighted by molar-refractivity contribution is -0.135. The summed E-state index contributed by atoms with van der Waals surface area (Å²) in [7, 11) is 0. The minimum atomic E-state index is -0.450.